The molecule has 1 N–H and O–H groups in total. The van der Waals surface area contributed by atoms with Gasteiger partial charge in [0.2, 0.25) is 5.88 Å². The smallest absolute Gasteiger partial charge is 0.213 e. The van der Waals surface area contributed by atoms with E-state index in [2.05, 4.69) is 36.2 Å². The molecular formula is C20H23N7O. The minimum Gasteiger partial charge on any atom is -0.472 e. The molecule has 1 atom stereocenters. The number of nitrogens with zero attached hydrogens (tertiary/aromatic N) is 6. The first-order valence-electron chi connectivity index (χ1n) is 9.29. The van der Waals surface area contributed by atoms with Crippen LogP contribution < -0.4 is 10.1 Å². The molecule has 3 aromatic rings. The van der Waals surface area contributed by atoms with Crippen molar-refractivity contribution in [2.24, 2.45) is 4.99 Å². The van der Waals surface area contributed by atoms with Crippen molar-refractivity contribution in [3.8, 4) is 11.7 Å². The molecule has 0 radical (unpaired) electrons. The van der Waals surface area contributed by atoms with Crippen LogP contribution in [0.3, 0.4) is 0 Å². The molecule has 4 rings (SSSR count). The Bertz CT molecular complexity index is 911. The molecule has 8 heteroatoms. The molecule has 4 heterocycles. The van der Waals surface area contributed by atoms with E-state index in [0.29, 0.717) is 12.4 Å². The molecule has 144 valence electrons. The summed E-state index contributed by atoms with van der Waals surface area (Å²) >= 11 is 0. The Balaban J connectivity index is 1.37. The van der Waals surface area contributed by atoms with Crippen LogP contribution >= 0.6 is 0 Å². The average molecular weight is 377 g/mol. The lowest BCUT2D eigenvalue weighted by atomic mass is 10.2. The van der Waals surface area contributed by atoms with Gasteiger partial charge in [-0.2, -0.15) is 0 Å². The van der Waals surface area contributed by atoms with Crippen LogP contribution in [0, 0.1) is 0 Å². The van der Waals surface area contributed by atoms with Crippen molar-refractivity contribution in [1.82, 2.24) is 29.7 Å². The topological polar surface area (TPSA) is 80.5 Å². The van der Waals surface area contributed by atoms with Gasteiger partial charge in [0.25, 0.3) is 0 Å². The van der Waals surface area contributed by atoms with Crippen molar-refractivity contribution in [3.63, 3.8) is 0 Å². The monoisotopic (exact) mass is 377 g/mol. The van der Waals surface area contributed by atoms with Crippen LogP contribution in [0.25, 0.3) is 5.82 Å². The van der Waals surface area contributed by atoms with E-state index in [-0.39, 0.29) is 6.10 Å². The summed E-state index contributed by atoms with van der Waals surface area (Å²) in [7, 11) is 1.80. The Morgan fingerprint density at radius 2 is 2.14 bits per heavy atom. The van der Waals surface area contributed by atoms with Crippen LogP contribution in [0.15, 0.2) is 66.4 Å². The van der Waals surface area contributed by atoms with Gasteiger partial charge in [-0.1, -0.05) is 12.1 Å². The van der Waals surface area contributed by atoms with Gasteiger partial charge in [-0.3, -0.25) is 9.56 Å². The lowest BCUT2D eigenvalue weighted by Crippen LogP contribution is -2.40. The van der Waals surface area contributed by atoms with E-state index in [1.807, 2.05) is 35.0 Å². The highest BCUT2D eigenvalue weighted by Gasteiger charge is 2.26. The van der Waals surface area contributed by atoms with Crippen LogP contribution in [0.5, 0.6) is 5.88 Å². The second-order valence-electron chi connectivity index (χ2n) is 6.50. The summed E-state index contributed by atoms with van der Waals surface area (Å²) in [4.78, 5) is 19.5. The van der Waals surface area contributed by atoms with Crippen molar-refractivity contribution in [1.29, 1.82) is 0 Å². The third kappa shape index (κ3) is 4.11. The standard InChI is InChI=1S/C20H23N7O/c1-21-20(26-11-7-17(14-26)28-18-6-2-3-8-23-18)25-13-16-5-4-9-24-19(16)27-12-10-22-15-27/h2-6,8-10,12,15,17H,7,11,13-14H2,1H3,(H,21,25). The number of aliphatic imine (C=N–C) groups is 1. The molecule has 0 aromatic carbocycles. The van der Waals surface area contributed by atoms with Crippen LogP contribution in [0.4, 0.5) is 0 Å². The fraction of sp³-hybridized carbons (Fsp3) is 0.300. The molecule has 1 aliphatic heterocycles. The fourth-order valence-corrected chi connectivity index (χ4v) is 3.30. The molecule has 0 bridgehead atoms. The number of rotatable bonds is 5. The number of pyridine rings is 2. The first kappa shape index (κ1) is 18.0. The summed E-state index contributed by atoms with van der Waals surface area (Å²) in [6.45, 7) is 2.28. The van der Waals surface area contributed by atoms with Gasteiger partial charge in [0.1, 0.15) is 18.2 Å². The summed E-state index contributed by atoms with van der Waals surface area (Å²) < 4.78 is 7.88. The van der Waals surface area contributed by atoms with Crippen LogP contribution in [-0.4, -0.2) is 56.6 Å². The first-order chi connectivity index (χ1) is 13.8. The number of hydrogen-bond acceptors (Lipinski definition) is 5. The number of likely N-dealkylation sites (tertiary alicyclic amines) is 1. The number of guanidine groups is 1. The van der Waals surface area contributed by atoms with E-state index in [1.54, 1.807) is 32.0 Å². The Morgan fingerprint density at radius 1 is 1.21 bits per heavy atom. The summed E-state index contributed by atoms with van der Waals surface area (Å²) in [5.74, 6) is 2.38. The highest BCUT2D eigenvalue weighted by molar-refractivity contribution is 5.80. The molecular weight excluding hydrogens is 354 g/mol. The molecule has 0 amide bonds. The van der Waals surface area contributed by atoms with Gasteiger partial charge in [0.15, 0.2) is 5.96 Å². The van der Waals surface area contributed by atoms with E-state index < -0.39 is 0 Å². The summed E-state index contributed by atoms with van der Waals surface area (Å²) in [6, 6.07) is 9.69. The molecule has 1 fully saturated rings. The molecule has 28 heavy (non-hydrogen) atoms. The van der Waals surface area contributed by atoms with Gasteiger partial charge >= 0.3 is 0 Å². The highest BCUT2D eigenvalue weighted by Crippen LogP contribution is 2.17. The number of hydrogen-bond donors (Lipinski definition) is 1. The van der Waals surface area contributed by atoms with Crippen molar-refractivity contribution < 1.29 is 4.74 Å². The maximum absolute atomic E-state index is 5.98. The van der Waals surface area contributed by atoms with Crippen LogP contribution in [-0.2, 0) is 6.54 Å². The summed E-state index contributed by atoms with van der Waals surface area (Å²) in [5, 5.41) is 3.45. The van der Waals surface area contributed by atoms with Gasteiger partial charge in [-0.15, -0.1) is 0 Å². The Morgan fingerprint density at radius 3 is 2.93 bits per heavy atom. The maximum atomic E-state index is 5.98. The van der Waals surface area contributed by atoms with E-state index in [9.17, 15) is 0 Å². The predicted octanol–water partition coefficient (Wildman–Crippen LogP) is 1.89. The quantitative estimate of drug-likeness (QED) is 0.540. The lowest BCUT2D eigenvalue weighted by Gasteiger charge is -2.22. The predicted molar refractivity (Wildman–Crippen MR) is 106 cm³/mol. The van der Waals surface area contributed by atoms with Crippen LogP contribution in [0.2, 0.25) is 0 Å². The lowest BCUT2D eigenvalue weighted by molar-refractivity contribution is 0.205. The number of imidazole rings is 1. The molecule has 0 saturated carbocycles. The molecule has 1 aliphatic rings. The SMILES string of the molecule is CN=C(NCc1cccnc1-n1ccnc1)N1CCC(Oc2ccccn2)C1. The molecule has 1 saturated heterocycles. The normalized spacial score (nSPS) is 17.0. The van der Waals surface area contributed by atoms with Crippen molar-refractivity contribution in [2.75, 3.05) is 20.1 Å². The Labute approximate surface area is 163 Å². The third-order valence-corrected chi connectivity index (χ3v) is 4.63. The zero-order valence-corrected chi connectivity index (χ0v) is 15.8. The minimum atomic E-state index is 0.105. The van der Waals surface area contributed by atoms with E-state index in [4.69, 9.17) is 4.74 Å². The Hall–Kier alpha value is -3.42. The highest BCUT2D eigenvalue weighted by atomic mass is 16.5. The van der Waals surface area contributed by atoms with Crippen LogP contribution in [0.1, 0.15) is 12.0 Å². The molecule has 1 unspecified atom stereocenters. The van der Waals surface area contributed by atoms with Crippen molar-refractivity contribution >= 4 is 5.96 Å². The number of ether oxygens (including phenoxy) is 1. The number of aromatic nitrogens is 4. The van der Waals surface area contributed by atoms with E-state index in [1.165, 1.54) is 0 Å². The molecule has 3 aromatic heterocycles. The molecule has 8 nitrogen and oxygen atoms in total. The first-order valence-corrected chi connectivity index (χ1v) is 9.29. The largest absolute Gasteiger partial charge is 0.472 e. The van der Waals surface area contributed by atoms with Gasteiger partial charge in [0.05, 0.1) is 6.54 Å². The van der Waals surface area contributed by atoms with Gasteiger partial charge in [-0.25, -0.2) is 15.0 Å². The summed E-state index contributed by atoms with van der Waals surface area (Å²) in [5.41, 5.74) is 1.07. The third-order valence-electron chi connectivity index (χ3n) is 4.63. The number of nitrogens with one attached hydrogen (secondary N) is 1. The maximum Gasteiger partial charge on any atom is 0.213 e. The Kier molecular flexibility index (Phi) is 5.46. The zero-order chi connectivity index (χ0) is 19.2. The average Bonchev–Trinajstić information content (AvgIpc) is 3.42. The van der Waals surface area contributed by atoms with E-state index in [0.717, 1.165) is 36.9 Å². The zero-order valence-electron chi connectivity index (χ0n) is 15.8. The van der Waals surface area contributed by atoms with Gasteiger partial charge in [0, 0.05) is 63.0 Å². The molecule has 0 aliphatic carbocycles. The van der Waals surface area contributed by atoms with E-state index >= 15 is 0 Å². The van der Waals surface area contributed by atoms with Crippen molar-refractivity contribution in [3.05, 3.63) is 67.0 Å². The van der Waals surface area contributed by atoms with Gasteiger partial charge < -0.3 is 15.0 Å². The van der Waals surface area contributed by atoms with Crippen molar-refractivity contribution in [2.45, 2.75) is 19.1 Å². The summed E-state index contributed by atoms with van der Waals surface area (Å²) in [6.07, 6.45) is 9.96. The second kappa shape index (κ2) is 8.51. The van der Waals surface area contributed by atoms with Gasteiger partial charge in [-0.05, 0) is 12.1 Å². The minimum absolute atomic E-state index is 0.105. The molecule has 0 spiro atoms. The second-order valence-corrected chi connectivity index (χ2v) is 6.50. The fourth-order valence-electron chi connectivity index (χ4n) is 3.30.